The summed E-state index contributed by atoms with van der Waals surface area (Å²) in [5, 5.41) is 10.9. The van der Waals surface area contributed by atoms with E-state index in [2.05, 4.69) is 36.2 Å². The minimum Gasteiger partial charge on any atom is -0.299 e. The molecule has 3 rings (SSSR count). The summed E-state index contributed by atoms with van der Waals surface area (Å²) in [6.07, 6.45) is 2.99. The van der Waals surface area contributed by atoms with Crippen molar-refractivity contribution in [2.24, 2.45) is 0 Å². The van der Waals surface area contributed by atoms with Gasteiger partial charge in [0.2, 0.25) is 0 Å². The zero-order chi connectivity index (χ0) is 15.5. The number of nitrogens with zero attached hydrogens (tertiary/aromatic N) is 2. The van der Waals surface area contributed by atoms with E-state index < -0.39 is 0 Å². The smallest absolute Gasteiger partial charge is 0.269 e. The summed E-state index contributed by atoms with van der Waals surface area (Å²) < 4.78 is 0. The van der Waals surface area contributed by atoms with Crippen molar-refractivity contribution in [3.8, 4) is 0 Å². The molecule has 0 amide bonds. The number of non-ortho nitro benzene ring substituents is 1. The van der Waals surface area contributed by atoms with Gasteiger partial charge in [0, 0.05) is 24.7 Å². The van der Waals surface area contributed by atoms with Crippen molar-refractivity contribution in [3.63, 3.8) is 0 Å². The van der Waals surface area contributed by atoms with Gasteiger partial charge in [-0.15, -0.1) is 12.4 Å². The third-order valence-electron chi connectivity index (χ3n) is 4.50. The van der Waals surface area contributed by atoms with Crippen LogP contribution in [0.5, 0.6) is 0 Å². The van der Waals surface area contributed by atoms with Gasteiger partial charge in [0.15, 0.2) is 0 Å². The number of rotatable bonds is 4. The van der Waals surface area contributed by atoms with Crippen molar-refractivity contribution in [2.45, 2.75) is 31.8 Å². The van der Waals surface area contributed by atoms with E-state index in [1.807, 2.05) is 12.1 Å². The molecule has 0 fully saturated rings. The molecule has 5 heteroatoms. The van der Waals surface area contributed by atoms with E-state index in [9.17, 15) is 10.1 Å². The lowest BCUT2D eigenvalue weighted by molar-refractivity contribution is -0.384. The lowest BCUT2D eigenvalue weighted by Crippen LogP contribution is -2.36. The van der Waals surface area contributed by atoms with Gasteiger partial charge < -0.3 is 0 Å². The predicted octanol–water partition coefficient (Wildman–Crippen LogP) is 4.01. The Morgan fingerprint density at radius 3 is 2.61 bits per heavy atom. The number of halogens is 1. The molecule has 0 radical (unpaired) electrons. The van der Waals surface area contributed by atoms with Gasteiger partial charge in [0.05, 0.1) is 4.92 Å². The molecule has 0 aromatic heterocycles. The molecule has 1 aliphatic rings. The van der Waals surface area contributed by atoms with E-state index in [4.69, 9.17) is 0 Å². The highest BCUT2D eigenvalue weighted by Crippen LogP contribution is 2.28. The zero-order valence-corrected chi connectivity index (χ0v) is 14.0. The van der Waals surface area contributed by atoms with Crippen LogP contribution in [-0.4, -0.2) is 22.9 Å². The van der Waals surface area contributed by atoms with Crippen LogP contribution in [0.2, 0.25) is 0 Å². The quantitative estimate of drug-likeness (QED) is 0.628. The maximum absolute atomic E-state index is 10.9. The van der Waals surface area contributed by atoms with Crippen LogP contribution in [0.1, 0.15) is 23.1 Å². The Morgan fingerprint density at radius 2 is 1.91 bits per heavy atom. The second-order valence-electron chi connectivity index (χ2n) is 6.01. The third-order valence-corrected chi connectivity index (χ3v) is 4.50. The molecule has 0 N–H and O–H groups in total. The van der Waals surface area contributed by atoms with Gasteiger partial charge in [-0.05, 0) is 43.0 Å². The Hall–Kier alpha value is -1.91. The Labute approximate surface area is 142 Å². The Kier molecular flexibility index (Phi) is 5.74. The molecule has 1 unspecified atom stereocenters. The number of likely N-dealkylation sites (N-methyl/N-ethyl adjacent to an activating group) is 1. The number of hydrogen-bond acceptors (Lipinski definition) is 3. The molecule has 0 saturated heterocycles. The SMILES string of the molecule is CN(Cc1ccccc1)C1CCc2ccc([N+](=O)[O-])cc2C1.Cl. The first kappa shape index (κ1) is 17.4. The van der Waals surface area contributed by atoms with Crippen molar-refractivity contribution in [3.05, 3.63) is 75.3 Å². The number of fused-ring (bicyclic) bond motifs is 1. The highest BCUT2D eigenvalue weighted by atomic mass is 35.5. The van der Waals surface area contributed by atoms with Crippen molar-refractivity contribution in [1.29, 1.82) is 0 Å². The minimum absolute atomic E-state index is 0. The Morgan fingerprint density at radius 1 is 1.17 bits per heavy atom. The van der Waals surface area contributed by atoms with Crippen LogP contribution in [0, 0.1) is 10.1 Å². The van der Waals surface area contributed by atoms with E-state index >= 15 is 0 Å². The second-order valence-corrected chi connectivity index (χ2v) is 6.01. The van der Waals surface area contributed by atoms with Crippen molar-refractivity contribution < 1.29 is 4.92 Å². The van der Waals surface area contributed by atoms with Crippen LogP contribution < -0.4 is 0 Å². The molecule has 0 aliphatic heterocycles. The van der Waals surface area contributed by atoms with Crippen molar-refractivity contribution in [2.75, 3.05) is 7.05 Å². The standard InChI is InChI=1S/C18H20N2O2.ClH/c1-19(13-14-5-3-2-4-6-14)17-9-7-15-8-10-18(20(21)22)12-16(15)11-17;/h2-6,8,10,12,17H,7,9,11,13H2,1H3;1H. The largest absolute Gasteiger partial charge is 0.299 e. The third kappa shape index (κ3) is 4.09. The number of hydrogen-bond donors (Lipinski definition) is 0. The van der Waals surface area contributed by atoms with Gasteiger partial charge in [-0.25, -0.2) is 0 Å². The fourth-order valence-corrected chi connectivity index (χ4v) is 3.21. The summed E-state index contributed by atoms with van der Waals surface area (Å²) in [6.45, 7) is 0.912. The average Bonchev–Trinajstić information content (AvgIpc) is 2.54. The molecule has 4 nitrogen and oxygen atoms in total. The van der Waals surface area contributed by atoms with Crippen LogP contribution in [0.3, 0.4) is 0 Å². The first-order valence-corrected chi connectivity index (χ1v) is 7.64. The van der Waals surface area contributed by atoms with Crippen molar-refractivity contribution >= 4 is 18.1 Å². The highest BCUT2D eigenvalue weighted by Gasteiger charge is 2.23. The van der Waals surface area contributed by atoms with E-state index in [0.717, 1.165) is 31.4 Å². The number of aryl methyl sites for hydroxylation is 1. The summed E-state index contributed by atoms with van der Waals surface area (Å²) in [5.41, 5.74) is 3.89. The van der Waals surface area contributed by atoms with Crippen LogP contribution in [-0.2, 0) is 19.4 Å². The molecular weight excluding hydrogens is 312 g/mol. The molecule has 1 atom stereocenters. The maximum Gasteiger partial charge on any atom is 0.269 e. The van der Waals surface area contributed by atoms with Gasteiger partial charge >= 0.3 is 0 Å². The molecule has 2 aromatic carbocycles. The van der Waals surface area contributed by atoms with Crippen LogP contribution in [0.4, 0.5) is 5.69 Å². The summed E-state index contributed by atoms with van der Waals surface area (Å²) in [7, 11) is 2.14. The fraction of sp³-hybridized carbons (Fsp3) is 0.333. The van der Waals surface area contributed by atoms with Gasteiger partial charge in [-0.1, -0.05) is 36.4 Å². The van der Waals surface area contributed by atoms with E-state index in [1.165, 1.54) is 11.1 Å². The molecule has 0 saturated carbocycles. The van der Waals surface area contributed by atoms with Crippen LogP contribution in [0.25, 0.3) is 0 Å². The Balaban J connectivity index is 0.00000192. The zero-order valence-electron chi connectivity index (χ0n) is 13.1. The fourth-order valence-electron chi connectivity index (χ4n) is 3.21. The second kappa shape index (κ2) is 7.57. The summed E-state index contributed by atoms with van der Waals surface area (Å²) in [4.78, 5) is 13.0. The van der Waals surface area contributed by atoms with E-state index in [1.54, 1.807) is 12.1 Å². The molecule has 0 heterocycles. The van der Waals surface area contributed by atoms with Crippen LogP contribution in [0.15, 0.2) is 48.5 Å². The molecule has 1 aliphatic carbocycles. The molecule has 2 aromatic rings. The van der Waals surface area contributed by atoms with Gasteiger partial charge in [-0.3, -0.25) is 15.0 Å². The lowest BCUT2D eigenvalue weighted by atomic mass is 9.87. The van der Waals surface area contributed by atoms with Gasteiger partial charge in [0.25, 0.3) is 5.69 Å². The summed E-state index contributed by atoms with van der Waals surface area (Å²) >= 11 is 0. The monoisotopic (exact) mass is 332 g/mol. The molecular formula is C18H21ClN2O2. The predicted molar refractivity (Wildman–Crippen MR) is 94.1 cm³/mol. The average molecular weight is 333 g/mol. The maximum atomic E-state index is 10.9. The van der Waals surface area contributed by atoms with Crippen LogP contribution >= 0.6 is 12.4 Å². The van der Waals surface area contributed by atoms with Gasteiger partial charge in [-0.2, -0.15) is 0 Å². The van der Waals surface area contributed by atoms with Gasteiger partial charge in [0.1, 0.15) is 0 Å². The molecule has 0 spiro atoms. The first-order chi connectivity index (χ1) is 10.6. The molecule has 23 heavy (non-hydrogen) atoms. The Bertz CT molecular complexity index is 676. The number of benzene rings is 2. The van der Waals surface area contributed by atoms with Crippen molar-refractivity contribution in [1.82, 2.24) is 4.90 Å². The van der Waals surface area contributed by atoms with E-state index in [-0.39, 0.29) is 23.0 Å². The van der Waals surface area contributed by atoms with E-state index in [0.29, 0.717) is 6.04 Å². The topological polar surface area (TPSA) is 46.4 Å². The number of nitro groups is 1. The first-order valence-electron chi connectivity index (χ1n) is 7.64. The summed E-state index contributed by atoms with van der Waals surface area (Å²) in [6, 6.07) is 16.1. The summed E-state index contributed by atoms with van der Waals surface area (Å²) in [5.74, 6) is 0. The normalized spacial score (nSPS) is 16.5. The highest BCUT2D eigenvalue weighted by molar-refractivity contribution is 5.85. The minimum atomic E-state index is -0.308. The molecule has 122 valence electrons. The lowest BCUT2D eigenvalue weighted by Gasteiger charge is -2.32. The molecule has 0 bridgehead atoms. The number of nitro benzene ring substituents is 1.